The molecular weight excluding hydrogens is 247 g/mol. The highest BCUT2D eigenvalue weighted by Crippen LogP contribution is 2.40. The molecule has 2 N–H and O–H groups in total. The second kappa shape index (κ2) is 4.50. The van der Waals surface area contributed by atoms with Gasteiger partial charge in [-0.3, -0.25) is 14.3 Å². The highest BCUT2D eigenvalue weighted by molar-refractivity contribution is 8.00. The van der Waals surface area contributed by atoms with Crippen LogP contribution in [0.1, 0.15) is 11.1 Å². The molecule has 17 heavy (non-hydrogen) atoms. The fraction of sp³-hybridized carbons (Fsp3) is 0.400. The van der Waals surface area contributed by atoms with Crippen molar-refractivity contribution in [3.8, 4) is 0 Å². The Bertz CT molecular complexity index is 578. The van der Waals surface area contributed by atoms with Crippen LogP contribution in [0, 0.1) is 6.92 Å². The summed E-state index contributed by atoms with van der Waals surface area (Å²) in [5, 5.41) is 7.77. The van der Waals surface area contributed by atoms with E-state index in [1.807, 2.05) is 0 Å². The van der Waals surface area contributed by atoms with Gasteiger partial charge in [-0.2, -0.15) is 0 Å². The highest BCUT2D eigenvalue weighted by Gasteiger charge is 2.29. The first-order chi connectivity index (χ1) is 8.02. The normalized spacial score (nSPS) is 23.8. The Kier molecular flexibility index (Phi) is 3.21. The first-order valence-electron chi connectivity index (χ1n) is 4.99. The van der Waals surface area contributed by atoms with Crippen LogP contribution in [0.15, 0.2) is 27.6 Å². The summed E-state index contributed by atoms with van der Waals surface area (Å²) in [4.78, 5) is 24.8. The standard InChI is InChI=1S/C10H11FN2O3S/c1-5-2-8(15)12-10(16)13(5)9-3-6(11)7(4-14)17-9/h2-3,7,9,14H,4H2,1H3,(H,12,15,16)/t7-,9-/m1/s1. The van der Waals surface area contributed by atoms with Crippen molar-refractivity contribution >= 4 is 11.8 Å². The lowest BCUT2D eigenvalue weighted by Gasteiger charge is -2.15. The van der Waals surface area contributed by atoms with Gasteiger partial charge in [-0.25, -0.2) is 9.18 Å². The van der Waals surface area contributed by atoms with Crippen LogP contribution >= 0.6 is 11.8 Å². The molecule has 0 bridgehead atoms. The van der Waals surface area contributed by atoms with Gasteiger partial charge in [0.15, 0.2) is 0 Å². The van der Waals surface area contributed by atoms with Crippen LogP contribution in [0.2, 0.25) is 0 Å². The zero-order chi connectivity index (χ0) is 12.6. The number of halogens is 1. The Hall–Kier alpha value is -1.34. The molecule has 5 nitrogen and oxygen atoms in total. The molecule has 0 aromatic carbocycles. The van der Waals surface area contributed by atoms with Gasteiger partial charge in [0.2, 0.25) is 0 Å². The van der Waals surface area contributed by atoms with Gasteiger partial charge in [0.05, 0.1) is 11.9 Å². The molecule has 7 heteroatoms. The maximum atomic E-state index is 13.4. The molecule has 0 amide bonds. The summed E-state index contributed by atoms with van der Waals surface area (Å²) < 4.78 is 14.7. The van der Waals surface area contributed by atoms with Crippen molar-refractivity contribution in [3.05, 3.63) is 44.5 Å². The number of hydrogen-bond acceptors (Lipinski definition) is 4. The third-order valence-corrected chi connectivity index (χ3v) is 3.83. The zero-order valence-electron chi connectivity index (χ0n) is 9.01. The van der Waals surface area contributed by atoms with Crippen LogP contribution in [0.3, 0.4) is 0 Å². The molecular formula is C10H11FN2O3S. The van der Waals surface area contributed by atoms with E-state index in [9.17, 15) is 14.0 Å². The molecule has 0 spiro atoms. The second-order valence-corrected chi connectivity index (χ2v) is 5.02. The molecule has 0 saturated heterocycles. The van der Waals surface area contributed by atoms with E-state index in [2.05, 4.69) is 4.98 Å². The van der Waals surface area contributed by atoms with Crippen LogP contribution in [0.5, 0.6) is 0 Å². The quantitative estimate of drug-likeness (QED) is 0.800. The Morgan fingerprint density at radius 2 is 2.29 bits per heavy atom. The number of aliphatic hydroxyl groups is 1. The first-order valence-corrected chi connectivity index (χ1v) is 5.93. The molecule has 2 heterocycles. The van der Waals surface area contributed by atoms with Gasteiger partial charge >= 0.3 is 5.69 Å². The third-order valence-electron chi connectivity index (χ3n) is 2.50. The van der Waals surface area contributed by atoms with Gasteiger partial charge in [0, 0.05) is 11.8 Å². The maximum absolute atomic E-state index is 13.4. The largest absolute Gasteiger partial charge is 0.395 e. The molecule has 0 unspecified atom stereocenters. The number of aryl methyl sites for hydroxylation is 1. The van der Waals surface area contributed by atoms with Crippen LogP contribution in [0.4, 0.5) is 4.39 Å². The Labute approximate surface area is 100.0 Å². The van der Waals surface area contributed by atoms with E-state index in [-0.39, 0.29) is 6.61 Å². The van der Waals surface area contributed by atoms with Gasteiger partial charge in [-0.15, -0.1) is 11.8 Å². The van der Waals surface area contributed by atoms with Crippen molar-refractivity contribution in [2.24, 2.45) is 0 Å². The zero-order valence-corrected chi connectivity index (χ0v) is 9.83. The minimum atomic E-state index is -0.641. The van der Waals surface area contributed by atoms with E-state index in [0.717, 1.165) is 11.8 Å². The van der Waals surface area contributed by atoms with Gasteiger partial charge in [-0.05, 0) is 13.0 Å². The fourth-order valence-corrected chi connectivity index (χ4v) is 2.94. The summed E-state index contributed by atoms with van der Waals surface area (Å²) >= 11 is 1.13. The Balaban J connectivity index is 2.44. The molecule has 2 atom stereocenters. The molecule has 1 aromatic heterocycles. The third kappa shape index (κ3) is 2.20. The van der Waals surface area contributed by atoms with Gasteiger partial charge in [0.1, 0.15) is 11.2 Å². The van der Waals surface area contributed by atoms with E-state index in [1.165, 1.54) is 16.7 Å². The van der Waals surface area contributed by atoms with E-state index in [1.54, 1.807) is 6.92 Å². The number of rotatable bonds is 2. The first kappa shape index (κ1) is 12.1. The molecule has 92 valence electrons. The summed E-state index contributed by atoms with van der Waals surface area (Å²) in [7, 11) is 0. The smallest absolute Gasteiger partial charge is 0.329 e. The van der Waals surface area contributed by atoms with Gasteiger partial charge in [0.25, 0.3) is 5.56 Å². The molecule has 1 aliphatic rings. The van der Waals surface area contributed by atoms with Crippen LogP contribution in [-0.2, 0) is 0 Å². The van der Waals surface area contributed by atoms with E-state index in [0.29, 0.717) is 5.69 Å². The lowest BCUT2D eigenvalue weighted by atomic mass is 10.3. The van der Waals surface area contributed by atoms with E-state index >= 15 is 0 Å². The molecule has 0 radical (unpaired) electrons. The average molecular weight is 258 g/mol. The van der Waals surface area contributed by atoms with Gasteiger partial charge in [-0.1, -0.05) is 0 Å². The van der Waals surface area contributed by atoms with Crippen molar-refractivity contribution in [2.75, 3.05) is 6.61 Å². The number of aromatic nitrogens is 2. The number of aromatic amines is 1. The summed E-state index contributed by atoms with van der Waals surface area (Å²) in [5.41, 5.74) is -0.594. The SMILES string of the molecule is Cc1cc(=O)[nH]c(=O)n1[C@H]1C=C(F)[C@@H](CO)S1. The minimum Gasteiger partial charge on any atom is -0.395 e. The number of aliphatic hydroxyl groups excluding tert-OH is 1. The predicted octanol–water partition coefficient (Wildman–Crippen LogP) is 0.305. The lowest BCUT2D eigenvalue weighted by Crippen LogP contribution is -2.32. The van der Waals surface area contributed by atoms with Crippen LogP contribution in [0.25, 0.3) is 0 Å². The van der Waals surface area contributed by atoms with Crippen molar-refractivity contribution < 1.29 is 9.50 Å². The summed E-state index contributed by atoms with van der Waals surface area (Å²) in [6, 6.07) is 1.28. The lowest BCUT2D eigenvalue weighted by molar-refractivity contribution is 0.295. The molecule has 2 rings (SSSR count). The topological polar surface area (TPSA) is 75.1 Å². The molecule has 1 aromatic rings. The molecule has 1 aliphatic heterocycles. The van der Waals surface area contributed by atoms with Crippen molar-refractivity contribution in [1.29, 1.82) is 0 Å². The van der Waals surface area contributed by atoms with E-state index < -0.39 is 27.7 Å². The summed E-state index contributed by atoms with van der Waals surface area (Å²) in [5.74, 6) is -0.444. The average Bonchev–Trinajstić information content (AvgIpc) is 2.57. The fourth-order valence-electron chi connectivity index (χ4n) is 1.72. The number of nitrogens with one attached hydrogen (secondary N) is 1. The number of H-pyrrole nitrogens is 1. The Morgan fingerprint density at radius 1 is 1.59 bits per heavy atom. The molecule has 0 aliphatic carbocycles. The van der Waals surface area contributed by atoms with Crippen molar-refractivity contribution in [1.82, 2.24) is 9.55 Å². The minimum absolute atomic E-state index is 0.319. The summed E-state index contributed by atoms with van der Waals surface area (Å²) in [6.07, 6.45) is 1.28. The number of nitrogens with zero attached hydrogens (tertiary/aromatic N) is 1. The molecule has 0 saturated carbocycles. The van der Waals surface area contributed by atoms with Crippen LogP contribution < -0.4 is 11.2 Å². The maximum Gasteiger partial charge on any atom is 0.329 e. The van der Waals surface area contributed by atoms with Gasteiger partial charge < -0.3 is 5.11 Å². The Morgan fingerprint density at radius 3 is 2.82 bits per heavy atom. The summed E-state index contributed by atoms with van der Waals surface area (Å²) in [6.45, 7) is 1.29. The number of thioether (sulfide) groups is 1. The second-order valence-electron chi connectivity index (χ2n) is 3.70. The van der Waals surface area contributed by atoms with Crippen LogP contribution in [-0.4, -0.2) is 26.5 Å². The number of hydrogen-bond donors (Lipinski definition) is 2. The van der Waals surface area contributed by atoms with E-state index in [4.69, 9.17) is 5.11 Å². The predicted molar refractivity (Wildman–Crippen MR) is 62.8 cm³/mol. The molecule has 0 fully saturated rings. The van der Waals surface area contributed by atoms with Crippen molar-refractivity contribution in [3.63, 3.8) is 0 Å². The monoisotopic (exact) mass is 258 g/mol. The van der Waals surface area contributed by atoms with Crippen molar-refractivity contribution in [2.45, 2.75) is 17.5 Å². The highest BCUT2D eigenvalue weighted by atomic mass is 32.2.